The highest BCUT2D eigenvalue weighted by atomic mass is 32.2. The largest absolute Gasteiger partial charge is 0.486 e. The predicted octanol–water partition coefficient (Wildman–Crippen LogP) is 5.02. The van der Waals surface area contributed by atoms with Crippen molar-refractivity contribution in [3.05, 3.63) is 48.0 Å². The second-order valence-electron chi connectivity index (χ2n) is 10.5. The van der Waals surface area contributed by atoms with E-state index in [1.54, 1.807) is 25.7 Å². The topological polar surface area (TPSA) is 105 Å². The van der Waals surface area contributed by atoms with E-state index < -0.39 is 44.5 Å². The van der Waals surface area contributed by atoms with Crippen LogP contribution in [0.25, 0.3) is 0 Å². The van der Waals surface area contributed by atoms with Crippen molar-refractivity contribution < 1.29 is 40.7 Å². The van der Waals surface area contributed by atoms with E-state index in [2.05, 4.69) is 5.32 Å². The monoisotopic (exact) mass is 569 g/mol. The number of hydrogen-bond donors (Lipinski definition) is 1. The number of hydrogen-bond acceptors (Lipinski definition) is 6. The minimum atomic E-state index is -4.75. The summed E-state index contributed by atoms with van der Waals surface area (Å²) < 4.78 is 79.7. The summed E-state index contributed by atoms with van der Waals surface area (Å²) in [5.74, 6) is -0.108. The number of halogens is 3. The number of carbonyl (C=O) groups is 2. The first kappa shape index (κ1) is 28.5. The zero-order valence-corrected chi connectivity index (χ0v) is 22.7. The summed E-state index contributed by atoms with van der Waals surface area (Å²) in [5.41, 5.74) is -1.72. The number of anilines is 2. The molecule has 2 heterocycles. The molecule has 2 aromatic carbocycles. The second kappa shape index (κ2) is 10.2. The third-order valence-electron chi connectivity index (χ3n) is 6.33. The molecule has 1 N–H and O–H groups in total. The Morgan fingerprint density at radius 3 is 2.44 bits per heavy atom. The Hall–Kier alpha value is -3.48. The number of nitrogens with zero attached hydrogens (tertiary/aromatic N) is 2. The molecule has 39 heavy (non-hydrogen) atoms. The van der Waals surface area contributed by atoms with Gasteiger partial charge >= 0.3 is 12.3 Å². The van der Waals surface area contributed by atoms with Gasteiger partial charge in [0.05, 0.1) is 29.1 Å². The van der Waals surface area contributed by atoms with Gasteiger partial charge < -0.3 is 14.4 Å². The van der Waals surface area contributed by atoms with Gasteiger partial charge in [0.15, 0.2) is 0 Å². The minimum absolute atomic E-state index is 0.00184. The molecule has 2 aliphatic heterocycles. The van der Waals surface area contributed by atoms with E-state index in [1.165, 1.54) is 18.2 Å². The fourth-order valence-electron chi connectivity index (χ4n) is 4.30. The number of rotatable bonds is 5. The molecule has 2 atom stereocenters. The number of ether oxygens (including phenoxy) is 2. The summed E-state index contributed by atoms with van der Waals surface area (Å²) in [7, 11) is -4.54. The molecule has 0 bridgehead atoms. The van der Waals surface area contributed by atoms with E-state index in [-0.39, 0.29) is 42.0 Å². The third-order valence-corrected chi connectivity index (χ3v) is 8.10. The molecule has 2 aliphatic rings. The Kier molecular flexibility index (Phi) is 7.50. The zero-order valence-electron chi connectivity index (χ0n) is 21.9. The summed E-state index contributed by atoms with van der Waals surface area (Å²) in [6, 6.07) is 7.74. The van der Waals surface area contributed by atoms with Crippen molar-refractivity contribution in [1.82, 2.24) is 4.90 Å². The van der Waals surface area contributed by atoms with Gasteiger partial charge in [0.2, 0.25) is 5.91 Å². The van der Waals surface area contributed by atoms with E-state index in [9.17, 15) is 31.2 Å². The van der Waals surface area contributed by atoms with Gasteiger partial charge in [-0.2, -0.15) is 13.2 Å². The summed E-state index contributed by atoms with van der Waals surface area (Å²) in [6.45, 7) is 7.21. The van der Waals surface area contributed by atoms with Crippen LogP contribution in [-0.2, 0) is 25.7 Å². The van der Waals surface area contributed by atoms with Gasteiger partial charge in [0.1, 0.15) is 17.5 Å². The number of carbonyl (C=O) groups excluding carboxylic acids is 2. The lowest BCUT2D eigenvalue weighted by atomic mass is 10.0. The van der Waals surface area contributed by atoms with Gasteiger partial charge in [0.25, 0.3) is 10.0 Å². The highest BCUT2D eigenvalue weighted by Gasteiger charge is 2.39. The molecule has 0 aliphatic carbocycles. The average Bonchev–Trinajstić information content (AvgIpc) is 2.81. The quantitative estimate of drug-likeness (QED) is 0.542. The van der Waals surface area contributed by atoms with E-state index in [0.29, 0.717) is 12.6 Å². The second-order valence-corrected chi connectivity index (χ2v) is 12.4. The van der Waals surface area contributed by atoms with Gasteiger partial charge in [-0.25, -0.2) is 13.2 Å². The van der Waals surface area contributed by atoms with Crippen molar-refractivity contribution in [3.63, 3.8) is 0 Å². The highest BCUT2D eigenvalue weighted by molar-refractivity contribution is 7.92. The maximum Gasteiger partial charge on any atom is 0.416 e. The molecule has 2 unspecified atom stereocenters. The first-order chi connectivity index (χ1) is 18.0. The zero-order chi connectivity index (χ0) is 28.8. The standard InChI is InChI=1S/C26H30F3N3O6S/c1-16-10-11-31(16)23(33)14-19-15-32(39(35,36)20-7-5-6-17(12-20)26(27,28)29)21-13-18(8-9-22(21)37-19)30-24(34)38-25(2,3)4/h5-9,12-13,16,19H,10-11,14-15H2,1-4H3,(H,30,34). The molecule has 2 amide bonds. The molecule has 1 saturated heterocycles. The lowest BCUT2D eigenvalue weighted by Gasteiger charge is -2.41. The molecule has 13 heteroatoms. The SMILES string of the molecule is CC1CCN1C(=O)CC1CN(S(=O)(=O)c2cccc(C(F)(F)F)c2)c2cc(NC(=O)OC(C)(C)C)ccc2O1. The fraction of sp³-hybridized carbons (Fsp3) is 0.462. The smallest absolute Gasteiger partial charge is 0.416 e. The first-order valence-electron chi connectivity index (χ1n) is 12.3. The molecule has 0 radical (unpaired) electrons. The van der Waals surface area contributed by atoms with Gasteiger partial charge in [-0.1, -0.05) is 6.07 Å². The number of nitrogens with one attached hydrogen (secondary N) is 1. The number of likely N-dealkylation sites (tertiary alicyclic amines) is 1. The van der Waals surface area contributed by atoms with Crippen molar-refractivity contribution >= 4 is 33.4 Å². The molecule has 212 valence electrons. The summed E-state index contributed by atoms with van der Waals surface area (Å²) in [4.78, 5) is 26.2. The maximum atomic E-state index is 13.7. The minimum Gasteiger partial charge on any atom is -0.486 e. The van der Waals surface area contributed by atoms with Gasteiger partial charge in [-0.05, 0) is 70.5 Å². The average molecular weight is 570 g/mol. The lowest BCUT2D eigenvalue weighted by Crippen LogP contribution is -2.52. The predicted molar refractivity (Wildman–Crippen MR) is 137 cm³/mol. The van der Waals surface area contributed by atoms with Crippen LogP contribution in [0.5, 0.6) is 5.75 Å². The summed E-state index contributed by atoms with van der Waals surface area (Å²) in [6.07, 6.45) is -5.66. The van der Waals surface area contributed by atoms with Crippen LogP contribution in [0.3, 0.4) is 0 Å². The Bertz CT molecular complexity index is 1370. The molecule has 2 aromatic rings. The lowest BCUT2D eigenvalue weighted by molar-refractivity contribution is -0.140. The van der Waals surface area contributed by atoms with E-state index >= 15 is 0 Å². The molecule has 9 nitrogen and oxygen atoms in total. The number of alkyl halides is 3. The van der Waals surface area contributed by atoms with Crippen LogP contribution >= 0.6 is 0 Å². The van der Waals surface area contributed by atoms with Crippen molar-refractivity contribution in [1.29, 1.82) is 0 Å². The fourth-order valence-corrected chi connectivity index (χ4v) is 5.85. The van der Waals surface area contributed by atoms with Crippen molar-refractivity contribution in [3.8, 4) is 5.75 Å². The van der Waals surface area contributed by atoms with Crippen molar-refractivity contribution in [2.75, 3.05) is 22.7 Å². The maximum absolute atomic E-state index is 13.7. The van der Waals surface area contributed by atoms with Gasteiger partial charge in [-0.3, -0.25) is 14.4 Å². The molecular weight excluding hydrogens is 539 g/mol. The number of fused-ring (bicyclic) bond motifs is 1. The van der Waals surface area contributed by atoms with Crippen molar-refractivity contribution in [2.45, 2.75) is 69.4 Å². The van der Waals surface area contributed by atoms with E-state index in [4.69, 9.17) is 9.47 Å². The Labute approximate surface area is 224 Å². The summed E-state index contributed by atoms with van der Waals surface area (Å²) >= 11 is 0. The molecule has 1 fully saturated rings. The molecule has 0 saturated carbocycles. The highest BCUT2D eigenvalue weighted by Crippen LogP contribution is 2.40. The first-order valence-corrected chi connectivity index (χ1v) is 13.8. The number of benzene rings is 2. The Balaban J connectivity index is 1.70. The van der Waals surface area contributed by atoms with Gasteiger partial charge in [-0.15, -0.1) is 0 Å². The van der Waals surface area contributed by atoms with Crippen LogP contribution in [-0.4, -0.2) is 56.2 Å². The molecular formula is C26H30F3N3O6S. The van der Waals surface area contributed by atoms with Crippen LogP contribution in [0, 0.1) is 0 Å². The number of sulfonamides is 1. The van der Waals surface area contributed by atoms with E-state index in [1.807, 2.05) is 6.92 Å². The molecule has 0 aromatic heterocycles. The van der Waals surface area contributed by atoms with Gasteiger partial charge in [0, 0.05) is 18.3 Å². The molecule has 0 spiro atoms. The summed E-state index contributed by atoms with van der Waals surface area (Å²) in [5, 5.41) is 2.52. The van der Waals surface area contributed by atoms with Crippen LogP contribution in [0.4, 0.5) is 29.3 Å². The van der Waals surface area contributed by atoms with E-state index in [0.717, 1.165) is 28.9 Å². The Morgan fingerprint density at radius 2 is 1.85 bits per heavy atom. The Morgan fingerprint density at radius 1 is 1.13 bits per heavy atom. The number of amides is 2. The van der Waals surface area contributed by atoms with Crippen LogP contribution < -0.4 is 14.4 Å². The molecule has 4 rings (SSSR count). The third kappa shape index (κ3) is 6.40. The van der Waals surface area contributed by atoms with Crippen LogP contribution in [0.15, 0.2) is 47.4 Å². The normalized spacial score (nSPS) is 19.5. The van der Waals surface area contributed by atoms with Crippen molar-refractivity contribution in [2.24, 2.45) is 0 Å². The van der Waals surface area contributed by atoms with Crippen LogP contribution in [0.2, 0.25) is 0 Å². The van der Waals surface area contributed by atoms with Crippen LogP contribution in [0.1, 0.15) is 46.1 Å².